The van der Waals surface area contributed by atoms with Crippen molar-refractivity contribution in [3.8, 4) is 0 Å². The van der Waals surface area contributed by atoms with Gasteiger partial charge in [-0.25, -0.2) is 4.68 Å². The average Bonchev–Trinajstić information content (AvgIpc) is 2.68. The lowest BCUT2D eigenvalue weighted by atomic mass is 10.2. The van der Waals surface area contributed by atoms with Crippen molar-refractivity contribution in [2.45, 2.75) is 25.9 Å². The van der Waals surface area contributed by atoms with Crippen LogP contribution in [0.1, 0.15) is 31.6 Å². The predicted molar refractivity (Wildman–Crippen MR) is 52.0 cm³/mol. The molecule has 1 saturated heterocycles. The molecule has 1 unspecified atom stereocenters. The zero-order valence-corrected chi connectivity index (χ0v) is 8.60. The highest BCUT2D eigenvalue weighted by Crippen LogP contribution is 2.13. The van der Waals surface area contributed by atoms with Crippen molar-refractivity contribution >= 4 is 0 Å². The minimum Gasteiger partial charge on any atom is -0.378 e. The third-order valence-electron chi connectivity index (χ3n) is 2.34. The molecule has 5 nitrogen and oxygen atoms in total. The molecule has 78 valence electrons. The van der Waals surface area contributed by atoms with Crippen molar-refractivity contribution in [2.24, 2.45) is 0 Å². The number of ether oxygens (including phenoxy) is 1. The highest BCUT2D eigenvalue weighted by molar-refractivity contribution is 5.02. The van der Waals surface area contributed by atoms with Gasteiger partial charge in [0.25, 0.3) is 0 Å². The van der Waals surface area contributed by atoms with Gasteiger partial charge in [0.1, 0.15) is 5.69 Å². The molecule has 1 aliphatic rings. The zero-order valence-electron chi connectivity index (χ0n) is 8.60. The lowest BCUT2D eigenvalue weighted by Crippen LogP contribution is -2.34. The standard InChI is InChI=1S/C9H16N4O/c1-7(2)13-5-8(11-12-13)9-6-14-4-3-10-9/h5,7,9-10H,3-4,6H2,1-2H3. The summed E-state index contributed by atoms with van der Waals surface area (Å²) in [6.07, 6.45) is 1.98. The first-order valence-electron chi connectivity index (χ1n) is 5.00. The molecule has 0 saturated carbocycles. The maximum absolute atomic E-state index is 5.37. The molecule has 0 bridgehead atoms. The Morgan fingerprint density at radius 1 is 1.64 bits per heavy atom. The Hall–Kier alpha value is -0.940. The highest BCUT2D eigenvalue weighted by atomic mass is 16.5. The van der Waals surface area contributed by atoms with E-state index in [1.165, 1.54) is 0 Å². The van der Waals surface area contributed by atoms with Gasteiger partial charge in [0.15, 0.2) is 0 Å². The summed E-state index contributed by atoms with van der Waals surface area (Å²) < 4.78 is 7.23. The number of aromatic nitrogens is 3. The third kappa shape index (κ3) is 1.93. The van der Waals surface area contributed by atoms with Gasteiger partial charge in [0.05, 0.1) is 25.5 Å². The second kappa shape index (κ2) is 4.06. The summed E-state index contributed by atoms with van der Waals surface area (Å²) in [4.78, 5) is 0. The molecular weight excluding hydrogens is 180 g/mol. The van der Waals surface area contributed by atoms with Crippen molar-refractivity contribution in [1.82, 2.24) is 20.3 Å². The molecule has 1 atom stereocenters. The van der Waals surface area contributed by atoms with Gasteiger partial charge < -0.3 is 10.1 Å². The Morgan fingerprint density at radius 2 is 2.50 bits per heavy atom. The monoisotopic (exact) mass is 196 g/mol. The second-order valence-corrected chi connectivity index (χ2v) is 3.80. The molecule has 1 aliphatic heterocycles. The van der Waals surface area contributed by atoms with Crippen LogP contribution in [-0.2, 0) is 4.74 Å². The van der Waals surface area contributed by atoms with Crippen LogP contribution >= 0.6 is 0 Å². The van der Waals surface area contributed by atoms with Crippen LogP contribution in [0.4, 0.5) is 0 Å². The first-order valence-corrected chi connectivity index (χ1v) is 5.00. The number of morpholine rings is 1. The average molecular weight is 196 g/mol. The summed E-state index contributed by atoms with van der Waals surface area (Å²) in [5, 5.41) is 11.5. The molecule has 14 heavy (non-hydrogen) atoms. The van der Waals surface area contributed by atoms with E-state index in [9.17, 15) is 0 Å². The molecule has 0 aliphatic carbocycles. The first kappa shape index (κ1) is 9.61. The van der Waals surface area contributed by atoms with Gasteiger partial charge in [-0.2, -0.15) is 0 Å². The van der Waals surface area contributed by atoms with Gasteiger partial charge in [0.2, 0.25) is 0 Å². The topological polar surface area (TPSA) is 52.0 Å². The van der Waals surface area contributed by atoms with E-state index < -0.39 is 0 Å². The van der Waals surface area contributed by atoms with Crippen LogP contribution in [0.3, 0.4) is 0 Å². The van der Waals surface area contributed by atoms with E-state index in [0.717, 1.165) is 18.8 Å². The minimum atomic E-state index is 0.205. The summed E-state index contributed by atoms with van der Waals surface area (Å²) in [6.45, 7) is 6.54. The van der Waals surface area contributed by atoms with Crippen LogP contribution in [0.15, 0.2) is 6.20 Å². The Kier molecular flexibility index (Phi) is 2.79. The Morgan fingerprint density at radius 3 is 3.07 bits per heavy atom. The highest BCUT2D eigenvalue weighted by Gasteiger charge is 2.18. The predicted octanol–water partition coefficient (Wildman–Crippen LogP) is 0.520. The van der Waals surface area contributed by atoms with Gasteiger partial charge >= 0.3 is 0 Å². The smallest absolute Gasteiger partial charge is 0.102 e. The van der Waals surface area contributed by atoms with E-state index in [0.29, 0.717) is 12.6 Å². The second-order valence-electron chi connectivity index (χ2n) is 3.80. The lowest BCUT2D eigenvalue weighted by Gasteiger charge is -2.21. The van der Waals surface area contributed by atoms with Gasteiger partial charge in [-0.3, -0.25) is 0 Å². The van der Waals surface area contributed by atoms with E-state index in [-0.39, 0.29) is 6.04 Å². The van der Waals surface area contributed by atoms with Crippen LogP contribution in [0.25, 0.3) is 0 Å². The maximum atomic E-state index is 5.37. The van der Waals surface area contributed by atoms with Crippen LogP contribution in [0.2, 0.25) is 0 Å². The summed E-state index contributed by atoms with van der Waals surface area (Å²) in [7, 11) is 0. The molecule has 0 aromatic carbocycles. The van der Waals surface area contributed by atoms with E-state index in [4.69, 9.17) is 4.74 Å². The van der Waals surface area contributed by atoms with E-state index in [2.05, 4.69) is 29.5 Å². The lowest BCUT2D eigenvalue weighted by molar-refractivity contribution is 0.0756. The summed E-state index contributed by atoms with van der Waals surface area (Å²) in [5.74, 6) is 0. The maximum Gasteiger partial charge on any atom is 0.102 e. The number of nitrogens with zero attached hydrogens (tertiary/aromatic N) is 3. The number of nitrogens with one attached hydrogen (secondary N) is 1. The molecular formula is C9H16N4O. The Balaban J connectivity index is 2.07. The number of rotatable bonds is 2. The molecule has 0 spiro atoms. The summed E-state index contributed by atoms with van der Waals surface area (Å²) in [5.41, 5.74) is 0.971. The van der Waals surface area contributed by atoms with Crippen molar-refractivity contribution in [3.05, 3.63) is 11.9 Å². The molecule has 0 radical (unpaired) electrons. The summed E-state index contributed by atoms with van der Waals surface area (Å²) in [6, 6.07) is 0.567. The molecule has 1 aromatic rings. The van der Waals surface area contributed by atoms with Crippen molar-refractivity contribution in [3.63, 3.8) is 0 Å². The van der Waals surface area contributed by atoms with Crippen molar-refractivity contribution in [1.29, 1.82) is 0 Å². The molecule has 0 amide bonds. The summed E-state index contributed by atoms with van der Waals surface area (Å²) >= 11 is 0. The van der Waals surface area contributed by atoms with Gasteiger partial charge in [-0.05, 0) is 13.8 Å². The Labute approximate surface area is 83.4 Å². The SMILES string of the molecule is CC(C)n1cc(C2COCCN2)nn1. The number of hydrogen-bond donors (Lipinski definition) is 1. The fraction of sp³-hybridized carbons (Fsp3) is 0.778. The van der Waals surface area contributed by atoms with Crippen LogP contribution in [0.5, 0.6) is 0 Å². The van der Waals surface area contributed by atoms with Crippen molar-refractivity contribution < 1.29 is 4.74 Å². The first-order chi connectivity index (χ1) is 6.77. The fourth-order valence-corrected chi connectivity index (χ4v) is 1.46. The number of hydrogen-bond acceptors (Lipinski definition) is 4. The zero-order chi connectivity index (χ0) is 9.97. The molecule has 1 N–H and O–H groups in total. The molecule has 1 aromatic heterocycles. The third-order valence-corrected chi connectivity index (χ3v) is 2.34. The fourth-order valence-electron chi connectivity index (χ4n) is 1.46. The quantitative estimate of drug-likeness (QED) is 0.749. The Bertz CT molecular complexity index is 291. The van der Waals surface area contributed by atoms with Crippen molar-refractivity contribution in [2.75, 3.05) is 19.8 Å². The van der Waals surface area contributed by atoms with E-state index in [1.807, 2.05) is 10.9 Å². The molecule has 1 fully saturated rings. The van der Waals surface area contributed by atoms with Gasteiger partial charge in [-0.15, -0.1) is 5.10 Å². The van der Waals surface area contributed by atoms with E-state index in [1.54, 1.807) is 0 Å². The largest absolute Gasteiger partial charge is 0.378 e. The van der Waals surface area contributed by atoms with Crippen LogP contribution in [-0.4, -0.2) is 34.8 Å². The van der Waals surface area contributed by atoms with E-state index >= 15 is 0 Å². The van der Waals surface area contributed by atoms with Crippen LogP contribution < -0.4 is 5.32 Å². The van der Waals surface area contributed by atoms with Gasteiger partial charge in [0, 0.05) is 12.6 Å². The van der Waals surface area contributed by atoms with Crippen LogP contribution in [0, 0.1) is 0 Å². The minimum absolute atomic E-state index is 0.205. The van der Waals surface area contributed by atoms with Gasteiger partial charge in [-0.1, -0.05) is 5.21 Å². The normalized spacial score (nSPS) is 22.9. The molecule has 5 heteroatoms. The molecule has 2 rings (SSSR count). The molecule has 2 heterocycles.